The molecule has 0 N–H and O–H groups in total. The van der Waals surface area contributed by atoms with Crippen LogP contribution >= 0.6 is 7.92 Å². The van der Waals surface area contributed by atoms with E-state index in [1.807, 2.05) is 6.07 Å². The quantitative estimate of drug-likeness (QED) is 0.335. The van der Waals surface area contributed by atoms with Gasteiger partial charge in [-0.1, -0.05) is 77.9 Å². The topological polar surface area (TPSA) is 0 Å². The molecule has 0 aliphatic carbocycles. The van der Waals surface area contributed by atoms with Crippen LogP contribution in [0.15, 0.2) is 36.4 Å². The molecule has 34 heavy (non-hydrogen) atoms. The van der Waals surface area contributed by atoms with Crippen LogP contribution in [0.25, 0.3) is 11.1 Å². The molecular formula is C33H29P. The van der Waals surface area contributed by atoms with Gasteiger partial charge in [0.1, 0.15) is 0 Å². The van der Waals surface area contributed by atoms with Crippen LogP contribution in [0.1, 0.15) is 76.0 Å². The van der Waals surface area contributed by atoms with E-state index >= 15 is 0 Å². The summed E-state index contributed by atoms with van der Waals surface area (Å²) in [5.41, 5.74) is 13.0. The molecule has 0 amide bonds. The summed E-state index contributed by atoms with van der Waals surface area (Å²) in [6.45, 7) is 13.5. The lowest BCUT2D eigenvalue weighted by Crippen LogP contribution is -2.10. The Hall–Kier alpha value is -3.77. The maximum absolute atomic E-state index is 5.24. The minimum absolute atomic E-state index is 0.366. The zero-order chi connectivity index (χ0) is 25.1. The summed E-state index contributed by atoms with van der Waals surface area (Å²) in [6, 6.07) is 13.1. The average Bonchev–Trinajstić information content (AvgIpc) is 2.82. The Labute approximate surface area is 208 Å². The number of terminal acetylenes is 2. The van der Waals surface area contributed by atoms with Crippen molar-refractivity contribution in [3.05, 3.63) is 53.1 Å². The van der Waals surface area contributed by atoms with Crippen molar-refractivity contribution >= 4 is 13.2 Å². The van der Waals surface area contributed by atoms with E-state index in [0.717, 1.165) is 10.9 Å². The Morgan fingerprint density at radius 2 is 1.15 bits per heavy atom. The number of benzene rings is 2. The highest BCUT2D eigenvalue weighted by atomic mass is 31.1. The van der Waals surface area contributed by atoms with E-state index in [-0.39, 0.29) is 0 Å². The fraction of sp³-hybridized carbons (Fsp3) is 0.273. The Bertz CT molecular complexity index is 1290. The first-order valence-electron chi connectivity index (χ1n) is 11.3. The molecule has 0 heterocycles. The van der Waals surface area contributed by atoms with Crippen LogP contribution in [0.5, 0.6) is 0 Å². The third-order valence-electron chi connectivity index (χ3n) is 5.28. The summed E-state index contributed by atoms with van der Waals surface area (Å²) in [5.74, 6) is 22.1. The molecule has 0 radical (unpaired) electrons. The van der Waals surface area contributed by atoms with Crippen molar-refractivity contribution in [2.24, 2.45) is 0 Å². The molecule has 2 aromatic rings. The Balaban J connectivity index is 2.89. The first-order valence-corrected chi connectivity index (χ1v) is 12.7. The zero-order valence-electron chi connectivity index (χ0n) is 20.8. The summed E-state index contributed by atoms with van der Waals surface area (Å²) >= 11 is 0. The van der Waals surface area contributed by atoms with Crippen LogP contribution in [0.3, 0.4) is 0 Å². The van der Waals surface area contributed by atoms with Gasteiger partial charge in [0, 0.05) is 5.30 Å². The lowest BCUT2D eigenvalue weighted by molar-refractivity contribution is 0.808. The van der Waals surface area contributed by atoms with Crippen LogP contribution in [0, 0.1) is 71.5 Å². The molecule has 0 nitrogen and oxygen atoms in total. The van der Waals surface area contributed by atoms with Crippen molar-refractivity contribution in [2.45, 2.75) is 59.3 Å². The van der Waals surface area contributed by atoms with E-state index in [9.17, 15) is 0 Å². The lowest BCUT2D eigenvalue weighted by Gasteiger charge is -2.25. The van der Waals surface area contributed by atoms with Crippen LogP contribution in [-0.2, 0) is 0 Å². The molecule has 0 aliphatic rings. The predicted octanol–water partition coefficient (Wildman–Crippen LogP) is 7.03. The molecule has 0 atom stereocenters. The Kier molecular flexibility index (Phi) is 10.2. The second-order valence-electron chi connectivity index (χ2n) is 8.65. The number of rotatable bonds is 5. The van der Waals surface area contributed by atoms with Gasteiger partial charge in [0.25, 0.3) is 0 Å². The fourth-order valence-corrected chi connectivity index (χ4v) is 4.89. The maximum atomic E-state index is 5.24. The second kappa shape index (κ2) is 13.1. The van der Waals surface area contributed by atoms with Crippen LogP contribution in [0.4, 0.5) is 0 Å². The number of hydrogen-bond acceptors (Lipinski definition) is 0. The van der Waals surface area contributed by atoms with Crippen LogP contribution < -0.4 is 5.30 Å². The van der Waals surface area contributed by atoms with Gasteiger partial charge in [-0.15, -0.1) is 12.8 Å². The zero-order valence-corrected chi connectivity index (χ0v) is 21.7. The van der Waals surface area contributed by atoms with Crippen molar-refractivity contribution in [2.75, 3.05) is 0 Å². The van der Waals surface area contributed by atoms with Gasteiger partial charge in [-0.05, 0) is 104 Å². The molecule has 2 rings (SSSR count). The van der Waals surface area contributed by atoms with E-state index in [0.29, 0.717) is 17.8 Å². The molecule has 0 unspecified atom stereocenters. The van der Waals surface area contributed by atoms with E-state index in [1.54, 1.807) is 0 Å². The maximum Gasteiger partial charge on any atom is 0.0838 e. The van der Waals surface area contributed by atoms with Crippen molar-refractivity contribution < 1.29 is 0 Å². The highest BCUT2D eigenvalue weighted by Crippen LogP contribution is 2.42. The van der Waals surface area contributed by atoms with Gasteiger partial charge in [-0.25, -0.2) is 0 Å². The molecule has 0 fully saturated rings. The van der Waals surface area contributed by atoms with Crippen molar-refractivity contribution in [1.82, 2.24) is 0 Å². The SMILES string of the molecule is C#CC#CC#CP(C#CC#CC#C)c1ccccc1-c1c(C(C)C)cc(C(C)C)cc1C(C)C. The molecule has 166 valence electrons. The molecule has 0 saturated carbocycles. The highest BCUT2D eigenvalue weighted by Gasteiger charge is 2.22. The summed E-state index contributed by atoms with van der Waals surface area (Å²) in [7, 11) is -1.18. The van der Waals surface area contributed by atoms with Gasteiger partial charge < -0.3 is 0 Å². The Morgan fingerprint density at radius 1 is 0.647 bits per heavy atom. The van der Waals surface area contributed by atoms with E-state index in [4.69, 9.17) is 12.8 Å². The molecular weight excluding hydrogens is 427 g/mol. The third kappa shape index (κ3) is 6.86. The van der Waals surface area contributed by atoms with Crippen molar-refractivity contribution in [3.8, 4) is 82.7 Å². The molecule has 0 aliphatic heterocycles. The lowest BCUT2D eigenvalue weighted by atomic mass is 9.82. The normalized spacial score (nSPS) is 9.53. The first-order chi connectivity index (χ1) is 16.3. The third-order valence-corrected chi connectivity index (χ3v) is 6.82. The fourth-order valence-electron chi connectivity index (χ4n) is 3.60. The summed E-state index contributed by atoms with van der Waals surface area (Å²) in [5, 5.41) is 1.09. The molecule has 0 bridgehead atoms. The number of hydrogen-bond donors (Lipinski definition) is 0. The standard InChI is InChI=1S/C33H29P/c1-9-11-13-17-21-34(22-18-14-12-10-2)32-20-16-15-19-29(32)33-30(26(5)6)23-28(25(3)4)24-31(33)27(7)8/h1-2,15-16,19-20,23-27H,3-8H3. The van der Waals surface area contributed by atoms with E-state index in [2.05, 4.69) is 131 Å². The molecule has 0 saturated heterocycles. The summed E-state index contributed by atoms with van der Waals surface area (Å²) in [4.78, 5) is 0. The van der Waals surface area contributed by atoms with Gasteiger partial charge in [0.05, 0.1) is 7.92 Å². The van der Waals surface area contributed by atoms with Gasteiger partial charge in [-0.2, -0.15) is 0 Å². The summed E-state index contributed by atoms with van der Waals surface area (Å²) in [6.07, 6.45) is 10.5. The van der Waals surface area contributed by atoms with Gasteiger partial charge in [0.2, 0.25) is 0 Å². The first kappa shape index (κ1) is 26.5. The second-order valence-corrected chi connectivity index (χ2v) is 10.3. The van der Waals surface area contributed by atoms with Gasteiger partial charge >= 0.3 is 0 Å². The Morgan fingerprint density at radius 3 is 1.59 bits per heavy atom. The monoisotopic (exact) mass is 456 g/mol. The average molecular weight is 457 g/mol. The predicted molar refractivity (Wildman–Crippen MR) is 149 cm³/mol. The van der Waals surface area contributed by atoms with Crippen molar-refractivity contribution in [3.63, 3.8) is 0 Å². The molecule has 2 aromatic carbocycles. The molecule has 0 spiro atoms. The van der Waals surface area contributed by atoms with Crippen LogP contribution in [-0.4, -0.2) is 0 Å². The molecule has 0 aromatic heterocycles. The largest absolute Gasteiger partial charge is 0.106 e. The minimum Gasteiger partial charge on any atom is -0.106 e. The minimum atomic E-state index is -1.18. The van der Waals surface area contributed by atoms with Gasteiger partial charge in [0.15, 0.2) is 0 Å². The van der Waals surface area contributed by atoms with Crippen LogP contribution in [0.2, 0.25) is 0 Å². The van der Waals surface area contributed by atoms with E-state index < -0.39 is 7.92 Å². The van der Waals surface area contributed by atoms with Crippen molar-refractivity contribution in [1.29, 1.82) is 0 Å². The smallest absolute Gasteiger partial charge is 0.0838 e. The van der Waals surface area contributed by atoms with E-state index in [1.165, 1.54) is 22.3 Å². The summed E-state index contributed by atoms with van der Waals surface area (Å²) < 4.78 is 0. The highest BCUT2D eigenvalue weighted by molar-refractivity contribution is 7.75. The molecule has 1 heteroatoms. The van der Waals surface area contributed by atoms with Gasteiger partial charge in [-0.3, -0.25) is 0 Å².